The lowest BCUT2D eigenvalue weighted by Gasteiger charge is -2.65. The summed E-state index contributed by atoms with van der Waals surface area (Å²) >= 11 is 0. The molecule has 1 amide bonds. The Morgan fingerprint density at radius 3 is 2.65 bits per heavy atom. The van der Waals surface area contributed by atoms with Crippen molar-refractivity contribution in [1.29, 1.82) is 0 Å². The molecule has 8 rings (SSSR count). The molecule has 1 saturated heterocycles. The molecule has 5 atom stereocenters. The molecule has 2 aliphatic heterocycles. The lowest BCUT2D eigenvalue weighted by atomic mass is 9.48. The van der Waals surface area contributed by atoms with Gasteiger partial charge in [-0.25, -0.2) is 0 Å². The fourth-order valence-electron chi connectivity index (χ4n) is 9.54. The number of aryl methyl sites for hydroxylation is 1. The molecule has 258 valence electrons. The first-order valence-corrected chi connectivity index (χ1v) is 17.7. The van der Waals surface area contributed by atoms with E-state index in [1.807, 2.05) is 29.2 Å². The molecule has 9 heteroatoms. The Kier molecular flexibility index (Phi) is 8.06. The fraction of sp³-hybridized carbons (Fsp3) is 0.475. The van der Waals surface area contributed by atoms with Crippen LogP contribution in [0.1, 0.15) is 66.3 Å². The molecule has 3 aromatic rings. The van der Waals surface area contributed by atoms with Crippen molar-refractivity contribution < 1.29 is 32.5 Å². The zero-order valence-electron chi connectivity index (χ0n) is 27.8. The number of benzene rings is 3. The Balaban J connectivity index is 1.16. The molecule has 2 unspecified atom stereocenters. The summed E-state index contributed by atoms with van der Waals surface area (Å²) in [5.41, 5.74) is 1.21. The Bertz CT molecular complexity index is 1760. The van der Waals surface area contributed by atoms with Gasteiger partial charge in [-0.15, -0.1) is 0 Å². The van der Waals surface area contributed by atoms with Crippen molar-refractivity contribution in [3.05, 3.63) is 101 Å². The molecule has 3 aliphatic carbocycles. The van der Waals surface area contributed by atoms with Gasteiger partial charge in [0.05, 0.1) is 29.7 Å². The molecular weight excluding hydrogens is 629 g/mol. The van der Waals surface area contributed by atoms with Crippen LogP contribution in [0.2, 0.25) is 0 Å². The average Bonchev–Trinajstić information content (AvgIpc) is 3.84. The van der Waals surface area contributed by atoms with Crippen molar-refractivity contribution in [3.8, 4) is 11.5 Å². The third-order valence-electron chi connectivity index (χ3n) is 12.0. The number of nitrogens with zero attached hydrogens (tertiary/aromatic N) is 2. The van der Waals surface area contributed by atoms with Crippen LogP contribution in [0.25, 0.3) is 6.08 Å². The molecule has 3 aromatic carbocycles. The molecule has 2 heterocycles. The van der Waals surface area contributed by atoms with Gasteiger partial charge in [0.1, 0.15) is 6.10 Å². The summed E-state index contributed by atoms with van der Waals surface area (Å²) < 4.78 is 53.1. The van der Waals surface area contributed by atoms with Crippen LogP contribution in [0.15, 0.2) is 72.8 Å². The van der Waals surface area contributed by atoms with E-state index in [-0.39, 0.29) is 18.0 Å². The summed E-state index contributed by atoms with van der Waals surface area (Å²) in [5, 5.41) is 13.0. The van der Waals surface area contributed by atoms with Crippen LogP contribution >= 0.6 is 0 Å². The minimum atomic E-state index is -4.48. The number of alkyl halides is 3. The standard InChI is InChI=1S/C40H43F3N2O4/c1-48-32-16-15-29-24-33-39(47)19-18-31(37-38(39,35(29)36(32)49-37)20-22-44(33)25-28-12-13-28)45(21-6-10-26-7-3-2-4-8-26)34(46)17-14-27-9-5-11-30(23-27)40(41,42)43/h2-5,7-9,11,14-17,23,28,31,33,37,47H,6,10,12-13,18-22,24-25H2,1H3/b17-14+/t31?,33-,37?,38+,39-/m1/s1. The van der Waals surface area contributed by atoms with E-state index < -0.39 is 28.9 Å². The number of hydrogen-bond acceptors (Lipinski definition) is 5. The maximum Gasteiger partial charge on any atom is 0.416 e. The number of ether oxygens (including phenoxy) is 2. The Morgan fingerprint density at radius 1 is 1.08 bits per heavy atom. The van der Waals surface area contributed by atoms with E-state index in [1.54, 1.807) is 13.2 Å². The van der Waals surface area contributed by atoms with Gasteiger partial charge in [0, 0.05) is 30.8 Å². The Labute approximate surface area is 285 Å². The number of piperidine rings is 1. The SMILES string of the molecule is COc1ccc2c3c1OC1C(N(CCCc4ccccc4)C(=O)/C=C/c4cccc(C(F)(F)F)c4)CC[C@@]4(O)[C@@H](C2)N(CC2CC2)CC[C@]314. The number of halogens is 3. The van der Waals surface area contributed by atoms with Gasteiger partial charge in [-0.1, -0.05) is 48.5 Å². The predicted molar refractivity (Wildman–Crippen MR) is 180 cm³/mol. The smallest absolute Gasteiger partial charge is 0.416 e. The van der Waals surface area contributed by atoms with Gasteiger partial charge < -0.3 is 19.5 Å². The number of carbonyl (C=O) groups is 1. The van der Waals surface area contributed by atoms with Gasteiger partial charge in [0.25, 0.3) is 0 Å². The summed E-state index contributed by atoms with van der Waals surface area (Å²) in [7, 11) is 1.63. The summed E-state index contributed by atoms with van der Waals surface area (Å²) in [6.07, 6.45) is 4.39. The highest BCUT2D eigenvalue weighted by atomic mass is 19.4. The van der Waals surface area contributed by atoms with Crippen molar-refractivity contribution in [2.75, 3.05) is 26.7 Å². The highest BCUT2D eigenvalue weighted by Crippen LogP contribution is 2.66. The second-order valence-electron chi connectivity index (χ2n) is 14.7. The predicted octanol–water partition coefficient (Wildman–Crippen LogP) is 6.82. The molecule has 2 saturated carbocycles. The van der Waals surface area contributed by atoms with E-state index in [0.717, 1.165) is 43.6 Å². The molecule has 1 N–H and O–H groups in total. The molecule has 0 aromatic heterocycles. The number of carbonyl (C=O) groups excluding carboxylic acids is 1. The van der Waals surface area contributed by atoms with E-state index in [9.17, 15) is 23.1 Å². The van der Waals surface area contributed by atoms with Gasteiger partial charge >= 0.3 is 6.18 Å². The quantitative estimate of drug-likeness (QED) is 0.240. The monoisotopic (exact) mass is 672 g/mol. The van der Waals surface area contributed by atoms with Crippen LogP contribution in [-0.2, 0) is 29.2 Å². The van der Waals surface area contributed by atoms with Crippen LogP contribution in [0.4, 0.5) is 13.2 Å². The number of amides is 1. The van der Waals surface area contributed by atoms with Crippen molar-refractivity contribution in [3.63, 3.8) is 0 Å². The zero-order valence-corrected chi connectivity index (χ0v) is 27.8. The zero-order chi connectivity index (χ0) is 34.0. The van der Waals surface area contributed by atoms with E-state index in [2.05, 4.69) is 23.1 Å². The van der Waals surface area contributed by atoms with E-state index in [4.69, 9.17) is 9.47 Å². The fourth-order valence-corrected chi connectivity index (χ4v) is 9.54. The van der Waals surface area contributed by atoms with Crippen LogP contribution in [0.5, 0.6) is 11.5 Å². The molecule has 3 fully saturated rings. The van der Waals surface area contributed by atoms with Crippen LogP contribution in [-0.4, -0.2) is 71.3 Å². The van der Waals surface area contributed by atoms with Crippen molar-refractivity contribution in [2.24, 2.45) is 5.92 Å². The van der Waals surface area contributed by atoms with E-state index in [0.29, 0.717) is 55.2 Å². The van der Waals surface area contributed by atoms with Crippen molar-refractivity contribution in [1.82, 2.24) is 9.80 Å². The third-order valence-corrected chi connectivity index (χ3v) is 12.0. The second-order valence-corrected chi connectivity index (χ2v) is 14.7. The minimum absolute atomic E-state index is 0.0382. The molecule has 1 spiro atoms. The number of rotatable bonds is 10. The number of methoxy groups -OCH3 is 1. The number of aliphatic hydroxyl groups is 1. The molecule has 6 nitrogen and oxygen atoms in total. The Morgan fingerprint density at radius 2 is 1.90 bits per heavy atom. The van der Waals surface area contributed by atoms with Crippen LogP contribution in [0.3, 0.4) is 0 Å². The molecule has 0 radical (unpaired) electrons. The van der Waals surface area contributed by atoms with E-state index >= 15 is 0 Å². The Hall–Kier alpha value is -3.82. The first-order valence-electron chi connectivity index (χ1n) is 17.7. The highest BCUT2D eigenvalue weighted by Gasteiger charge is 2.73. The number of likely N-dealkylation sites (tertiary alicyclic amines) is 1. The topological polar surface area (TPSA) is 62.2 Å². The lowest BCUT2D eigenvalue weighted by Crippen LogP contribution is -2.78. The molecular formula is C40H43F3N2O4. The minimum Gasteiger partial charge on any atom is -0.493 e. The largest absolute Gasteiger partial charge is 0.493 e. The van der Waals surface area contributed by atoms with Gasteiger partial charge in [-0.05, 0) is 105 Å². The first-order chi connectivity index (χ1) is 23.6. The maximum absolute atomic E-state index is 14.3. The van der Waals surface area contributed by atoms with Gasteiger partial charge in [-0.2, -0.15) is 13.2 Å². The maximum atomic E-state index is 14.3. The highest BCUT2D eigenvalue weighted by molar-refractivity contribution is 5.92. The van der Waals surface area contributed by atoms with Crippen LogP contribution in [0, 0.1) is 5.92 Å². The van der Waals surface area contributed by atoms with Crippen molar-refractivity contribution in [2.45, 2.75) is 86.7 Å². The summed E-state index contributed by atoms with van der Waals surface area (Å²) in [4.78, 5) is 18.7. The lowest BCUT2D eigenvalue weighted by molar-refractivity contribution is -0.201. The average molecular weight is 673 g/mol. The summed E-state index contributed by atoms with van der Waals surface area (Å²) in [6.45, 7) is 2.29. The normalized spacial score (nSPS) is 28.6. The van der Waals surface area contributed by atoms with Gasteiger partial charge in [-0.3, -0.25) is 9.69 Å². The summed E-state index contributed by atoms with van der Waals surface area (Å²) in [5.74, 6) is 1.73. The van der Waals surface area contributed by atoms with Gasteiger partial charge in [0.15, 0.2) is 11.5 Å². The third kappa shape index (κ3) is 5.44. The first kappa shape index (κ1) is 32.4. The number of hydrogen-bond donors (Lipinski definition) is 1. The van der Waals surface area contributed by atoms with Crippen LogP contribution < -0.4 is 9.47 Å². The van der Waals surface area contributed by atoms with Gasteiger partial charge in [0.2, 0.25) is 5.91 Å². The summed E-state index contributed by atoms with van der Waals surface area (Å²) in [6, 6.07) is 18.8. The molecule has 5 aliphatic rings. The second kappa shape index (κ2) is 12.2. The molecule has 2 bridgehead atoms. The van der Waals surface area contributed by atoms with E-state index in [1.165, 1.54) is 42.2 Å². The van der Waals surface area contributed by atoms with Crippen molar-refractivity contribution >= 4 is 12.0 Å². The molecule has 49 heavy (non-hydrogen) atoms.